The number of aromatic nitrogens is 1. The van der Waals surface area contributed by atoms with Gasteiger partial charge in [0.05, 0.1) is 9.90 Å². The van der Waals surface area contributed by atoms with Crippen molar-refractivity contribution in [2.24, 2.45) is 0 Å². The van der Waals surface area contributed by atoms with E-state index in [-0.39, 0.29) is 22.1 Å². The van der Waals surface area contributed by atoms with Crippen LogP contribution in [0.3, 0.4) is 0 Å². The van der Waals surface area contributed by atoms with Gasteiger partial charge in [0.15, 0.2) is 9.84 Å². The van der Waals surface area contributed by atoms with Gasteiger partial charge < -0.3 is 11.1 Å². The molecule has 112 valence electrons. The molecule has 0 atom stereocenters. The maximum absolute atomic E-state index is 12.0. The summed E-state index contributed by atoms with van der Waals surface area (Å²) in [4.78, 5) is 16.2. The second-order valence-corrected chi connectivity index (χ2v) is 7.49. The molecule has 0 saturated heterocycles. The summed E-state index contributed by atoms with van der Waals surface area (Å²) in [5.41, 5.74) is 6.12. The van der Waals surface area contributed by atoms with Crippen molar-refractivity contribution in [1.29, 1.82) is 0 Å². The zero-order valence-corrected chi connectivity index (χ0v) is 13.0. The molecular formula is C13H15N3O3S2. The van der Waals surface area contributed by atoms with E-state index in [2.05, 4.69) is 10.3 Å². The van der Waals surface area contributed by atoms with E-state index in [1.54, 1.807) is 6.20 Å². The Bertz CT molecular complexity index is 740. The number of carbonyl (C=O) groups is 1. The van der Waals surface area contributed by atoms with Crippen LogP contribution in [0.5, 0.6) is 0 Å². The van der Waals surface area contributed by atoms with Crippen LogP contribution in [0.15, 0.2) is 34.7 Å². The lowest BCUT2D eigenvalue weighted by atomic mass is 10.2. The Morgan fingerprint density at radius 1 is 1.38 bits per heavy atom. The number of nitrogens with two attached hydrogens (primary N) is 1. The van der Waals surface area contributed by atoms with Crippen LogP contribution in [-0.4, -0.2) is 32.1 Å². The third kappa shape index (κ3) is 4.27. The van der Waals surface area contributed by atoms with Gasteiger partial charge in [0, 0.05) is 42.0 Å². The summed E-state index contributed by atoms with van der Waals surface area (Å²) in [6.45, 7) is 0.426. The van der Waals surface area contributed by atoms with E-state index >= 15 is 0 Å². The Morgan fingerprint density at radius 2 is 2.14 bits per heavy atom. The Labute approximate surface area is 126 Å². The molecule has 0 aliphatic rings. The fraction of sp³-hybridized carbons (Fsp3) is 0.231. The van der Waals surface area contributed by atoms with Gasteiger partial charge in [0.1, 0.15) is 0 Å². The molecule has 0 fully saturated rings. The van der Waals surface area contributed by atoms with Crippen LogP contribution in [0.1, 0.15) is 15.4 Å². The standard InChI is InChI=1S/C13H15N3O3S2/c1-21(18,19)11-7-9(6-10(14)8-11)13(17)16-3-2-12-15-4-5-20-12/h4-8H,2-3,14H2,1H3,(H,16,17). The fourth-order valence-corrected chi connectivity index (χ4v) is 3.04. The van der Waals surface area contributed by atoms with Crippen molar-refractivity contribution in [2.45, 2.75) is 11.3 Å². The Balaban J connectivity index is 2.07. The number of benzene rings is 1. The smallest absolute Gasteiger partial charge is 0.251 e. The average Bonchev–Trinajstić information content (AvgIpc) is 2.90. The Kier molecular flexibility index (Phi) is 4.59. The maximum atomic E-state index is 12.0. The highest BCUT2D eigenvalue weighted by Crippen LogP contribution is 2.16. The predicted octanol–water partition coefficient (Wildman–Crippen LogP) is 1.10. The summed E-state index contributed by atoms with van der Waals surface area (Å²) < 4.78 is 23.1. The molecule has 0 radical (unpaired) electrons. The van der Waals surface area contributed by atoms with E-state index in [9.17, 15) is 13.2 Å². The summed E-state index contributed by atoms with van der Waals surface area (Å²) in [5.74, 6) is -0.358. The van der Waals surface area contributed by atoms with Crippen molar-refractivity contribution in [3.63, 3.8) is 0 Å². The maximum Gasteiger partial charge on any atom is 0.251 e. The number of nitrogens with one attached hydrogen (secondary N) is 1. The minimum absolute atomic E-state index is 0.0348. The molecular weight excluding hydrogens is 310 g/mol. The van der Waals surface area contributed by atoms with Gasteiger partial charge in [0.2, 0.25) is 0 Å². The zero-order chi connectivity index (χ0) is 15.5. The van der Waals surface area contributed by atoms with Gasteiger partial charge in [-0.3, -0.25) is 4.79 Å². The van der Waals surface area contributed by atoms with Crippen molar-refractivity contribution in [3.8, 4) is 0 Å². The first-order valence-electron chi connectivity index (χ1n) is 6.13. The highest BCUT2D eigenvalue weighted by molar-refractivity contribution is 7.90. The molecule has 1 amide bonds. The van der Waals surface area contributed by atoms with Gasteiger partial charge in [-0.05, 0) is 18.2 Å². The lowest BCUT2D eigenvalue weighted by Crippen LogP contribution is -2.26. The number of anilines is 1. The molecule has 1 aromatic heterocycles. The molecule has 0 bridgehead atoms. The number of nitrogens with zero attached hydrogens (tertiary/aromatic N) is 1. The Hall–Kier alpha value is -1.93. The van der Waals surface area contributed by atoms with E-state index in [4.69, 9.17) is 5.73 Å². The van der Waals surface area contributed by atoms with Gasteiger partial charge in [0.25, 0.3) is 5.91 Å². The summed E-state index contributed by atoms with van der Waals surface area (Å²) in [6, 6.07) is 4.11. The van der Waals surface area contributed by atoms with Gasteiger partial charge in [-0.25, -0.2) is 13.4 Å². The molecule has 6 nitrogen and oxygen atoms in total. The van der Waals surface area contributed by atoms with E-state index in [0.29, 0.717) is 13.0 Å². The lowest BCUT2D eigenvalue weighted by molar-refractivity contribution is 0.0954. The first-order valence-corrected chi connectivity index (χ1v) is 8.90. The van der Waals surface area contributed by atoms with Gasteiger partial charge >= 0.3 is 0 Å². The van der Waals surface area contributed by atoms with E-state index < -0.39 is 9.84 Å². The van der Waals surface area contributed by atoms with E-state index in [1.165, 1.54) is 29.5 Å². The van der Waals surface area contributed by atoms with Gasteiger partial charge in [-0.2, -0.15) is 0 Å². The largest absolute Gasteiger partial charge is 0.399 e. The number of carbonyl (C=O) groups excluding carboxylic acids is 1. The van der Waals surface area contributed by atoms with Crippen molar-refractivity contribution in [1.82, 2.24) is 10.3 Å². The molecule has 8 heteroatoms. The van der Waals surface area contributed by atoms with Crippen LogP contribution >= 0.6 is 11.3 Å². The number of amides is 1. The number of hydrogen-bond acceptors (Lipinski definition) is 6. The molecule has 2 aromatic rings. The minimum Gasteiger partial charge on any atom is -0.399 e. The molecule has 0 aliphatic heterocycles. The van der Waals surface area contributed by atoms with Gasteiger partial charge in [-0.15, -0.1) is 11.3 Å². The highest BCUT2D eigenvalue weighted by Gasteiger charge is 2.13. The molecule has 3 N–H and O–H groups in total. The summed E-state index contributed by atoms with van der Waals surface area (Å²) in [5, 5.41) is 5.52. The molecule has 21 heavy (non-hydrogen) atoms. The third-order valence-electron chi connectivity index (χ3n) is 2.73. The minimum atomic E-state index is -3.41. The van der Waals surface area contributed by atoms with Crippen molar-refractivity contribution in [2.75, 3.05) is 18.5 Å². The molecule has 0 spiro atoms. The molecule has 0 saturated carbocycles. The quantitative estimate of drug-likeness (QED) is 0.802. The van der Waals surface area contributed by atoms with Crippen molar-refractivity contribution in [3.05, 3.63) is 40.3 Å². The number of sulfone groups is 1. The van der Waals surface area contributed by atoms with Crippen LogP contribution in [0.4, 0.5) is 5.69 Å². The molecule has 1 aromatic carbocycles. The second-order valence-electron chi connectivity index (χ2n) is 4.49. The summed E-state index contributed by atoms with van der Waals surface area (Å²) in [6.07, 6.45) is 3.41. The SMILES string of the molecule is CS(=O)(=O)c1cc(N)cc(C(=O)NCCc2nccs2)c1. The van der Waals surface area contributed by atoms with E-state index in [0.717, 1.165) is 11.3 Å². The van der Waals surface area contributed by atoms with Crippen LogP contribution in [0.25, 0.3) is 0 Å². The normalized spacial score (nSPS) is 11.3. The topological polar surface area (TPSA) is 102 Å². The second kappa shape index (κ2) is 6.23. The average molecular weight is 325 g/mol. The van der Waals surface area contributed by atoms with Crippen LogP contribution < -0.4 is 11.1 Å². The number of rotatable bonds is 5. The fourth-order valence-electron chi connectivity index (χ4n) is 1.73. The van der Waals surface area contributed by atoms with Crippen molar-refractivity contribution < 1.29 is 13.2 Å². The predicted molar refractivity (Wildman–Crippen MR) is 82.1 cm³/mol. The number of hydrogen-bond donors (Lipinski definition) is 2. The lowest BCUT2D eigenvalue weighted by Gasteiger charge is -2.07. The molecule has 2 rings (SSSR count). The van der Waals surface area contributed by atoms with E-state index in [1.807, 2.05) is 5.38 Å². The molecule has 0 unspecified atom stereocenters. The Morgan fingerprint density at radius 3 is 2.76 bits per heavy atom. The summed E-state index contributed by atoms with van der Waals surface area (Å²) >= 11 is 1.52. The zero-order valence-electron chi connectivity index (χ0n) is 11.4. The van der Waals surface area contributed by atoms with Crippen LogP contribution in [0.2, 0.25) is 0 Å². The molecule has 0 aliphatic carbocycles. The number of thiazole rings is 1. The first-order chi connectivity index (χ1) is 9.86. The third-order valence-corrected chi connectivity index (χ3v) is 4.66. The van der Waals surface area contributed by atoms with Crippen LogP contribution in [0, 0.1) is 0 Å². The highest BCUT2D eigenvalue weighted by atomic mass is 32.2. The monoisotopic (exact) mass is 325 g/mol. The van der Waals surface area contributed by atoms with Crippen molar-refractivity contribution >= 4 is 32.8 Å². The van der Waals surface area contributed by atoms with Gasteiger partial charge in [-0.1, -0.05) is 0 Å². The number of nitrogen functional groups attached to an aromatic ring is 1. The summed E-state index contributed by atoms with van der Waals surface area (Å²) in [7, 11) is -3.41. The first kappa shape index (κ1) is 15.5. The molecule has 1 heterocycles. The van der Waals surface area contributed by atoms with Crippen LogP contribution in [-0.2, 0) is 16.3 Å².